The summed E-state index contributed by atoms with van der Waals surface area (Å²) in [5.41, 5.74) is 1.41. The van der Waals surface area contributed by atoms with Gasteiger partial charge in [-0.15, -0.1) is 11.3 Å². The molecular formula is C22H18F3N3O2S. The lowest BCUT2D eigenvalue weighted by Crippen LogP contribution is -2.31. The van der Waals surface area contributed by atoms with Crippen molar-refractivity contribution in [1.29, 1.82) is 0 Å². The Bertz CT molecular complexity index is 1080. The van der Waals surface area contributed by atoms with Gasteiger partial charge < -0.3 is 5.32 Å². The standard InChI is InChI=1S/C22H18F3N3O2S/c23-22(24,25)16-9-7-15(8-10-16)19-26-17(13-31-19)12-28-20(29)18(27-21(28)30)11-6-14-4-2-1-3-5-14/h1-5,7-10,13,18H,6,11-12H2,(H,27,30)/t18-/m0/s1. The van der Waals surface area contributed by atoms with Crippen molar-refractivity contribution in [1.82, 2.24) is 15.2 Å². The summed E-state index contributed by atoms with van der Waals surface area (Å²) in [5.74, 6) is -0.301. The van der Waals surface area contributed by atoms with Gasteiger partial charge in [-0.2, -0.15) is 13.2 Å². The number of imide groups is 1. The quantitative estimate of drug-likeness (QED) is 0.550. The lowest BCUT2D eigenvalue weighted by Gasteiger charge is -2.11. The summed E-state index contributed by atoms with van der Waals surface area (Å²) in [6.07, 6.45) is -3.23. The second-order valence-corrected chi connectivity index (χ2v) is 8.03. The number of aryl methyl sites for hydroxylation is 1. The van der Waals surface area contributed by atoms with E-state index in [1.165, 1.54) is 23.5 Å². The molecule has 0 unspecified atom stereocenters. The van der Waals surface area contributed by atoms with Gasteiger partial charge in [-0.1, -0.05) is 42.5 Å². The van der Waals surface area contributed by atoms with Crippen LogP contribution in [0.4, 0.5) is 18.0 Å². The van der Waals surface area contributed by atoms with Gasteiger partial charge >= 0.3 is 12.2 Å². The number of carbonyl (C=O) groups is 2. The van der Waals surface area contributed by atoms with Crippen LogP contribution in [-0.2, 0) is 23.9 Å². The average Bonchev–Trinajstić information content (AvgIpc) is 3.33. The van der Waals surface area contributed by atoms with Crippen LogP contribution in [0.5, 0.6) is 0 Å². The number of nitrogens with zero attached hydrogens (tertiary/aromatic N) is 2. The molecule has 1 N–H and O–H groups in total. The Hall–Kier alpha value is -3.20. The van der Waals surface area contributed by atoms with E-state index in [-0.39, 0.29) is 12.5 Å². The summed E-state index contributed by atoms with van der Waals surface area (Å²) in [4.78, 5) is 30.5. The third kappa shape index (κ3) is 4.77. The summed E-state index contributed by atoms with van der Waals surface area (Å²) in [6.45, 7) is 0.0175. The van der Waals surface area contributed by atoms with Crippen molar-refractivity contribution in [2.45, 2.75) is 31.6 Å². The molecule has 1 fully saturated rings. The van der Waals surface area contributed by atoms with Gasteiger partial charge in [0.1, 0.15) is 11.0 Å². The Morgan fingerprint density at radius 3 is 2.42 bits per heavy atom. The van der Waals surface area contributed by atoms with Crippen LogP contribution >= 0.6 is 11.3 Å². The number of halogens is 3. The van der Waals surface area contributed by atoms with Gasteiger partial charge in [0.05, 0.1) is 17.8 Å². The highest BCUT2D eigenvalue weighted by Crippen LogP contribution is 2.32. The molecule has 1 aliphatic heterocycles. The van der Waals surface area contributed by atoms with Crippen LogP contribution in [-0.4, -0.2) is 27.9 Å². The Morgan fingerprint density at radius 1 is 1.03 bits per heavy atom. The maximum absolute atomic E-state index is 12.7. The van der Waals surface area contributed by atoms with Crippen LogP contribution in [0.2, 0.25) is 0 Å². The fourth-order valence-corrected chi connectivity index (χ4v) is 4.17. The molecule has 4 rings (SSSR count). The minimum atomic E-state index is -4.40. The summed E-state index contributed by atoms with van der Waals surface area (Å²) < 4.78 is 38.2. The summed E-state index contributed by atoms with van der Waals surface area (Å²) in [7, 11) is 0. The number of thiazole rings is 1. The molecule has 3 amide bonds. The molecule has 0 bridgehead atoms. The maximum atomic E-state index is 12.7. The maximum Gasteiger partial charge on any atom is 0.416 e. The molecule has 5 nitrogen and oxygen atoms in total. The van der Waals surface area contributed by atoms with Crippen LogP contribution < -0.4 is 5.32 Å². The predicted octanol–water partition coefficient (Wildman–Crippen LogP) is 4.88. The summed E-state index contributed by atoms with van der Waals surface area (Å²) >= 11 is 1.25. The molecular weight excluding hydrogens is 427 g/mol. The highest BCUT2D eigenvalue weighted by molar-refractivity contribution is 7.13. The van der Waals surface area contributed by atoms with Crippen molar-refractivity contribution >= 4 is 23.3 Å². The number of amides is 3. The van der Waals surface area contributed by atoms with Crippen molar-refractivity contribution in [3.05, 3.63) is 76.8 Å². The molecule has 1 saturated heterocycles. The van der Waals surface area contributed by atoms with Crippen LogP contribution in [0.1, 0.15) is 23.2 Å². The molecule has 0 saturated carbocycles. The molecule has 2 aromatic carbocycles. The van der Waals surface area contributed by atoms with E-state index < -0.39 is 23.8 Å². The zero-order chi connectivity index (χ0) is 22.0. The molecule has 0 spiro atoms. The van der Waals surface area contributed by atoms with Crippen molar-refractivity contribution < 1.29 is 22.8 Å². The van der Waals surface area contributed by atoms with Gasteiger partial charge in [0, 0.05) is 10.9 Å². The second kappa shape index (κ2) is 8.50. The molecule has 1 atom stereocenters. The average molecular weight is 445 g/mol. The Balaban J connectivity index is 1.40. The van der Waals surface area contributed by atoms with E-state index in [1.807, 2.05) is 30.3 Å². The number of aromatic nitrogens is 1. The molecule has 1 aliphatic rings. The molecule has 0 aliphatic carbocycles. The number of rotatable bonds is 6. The lowest BCUT2D eigenvalue weighted by atomic mass is 10.1. The number of carbonyl (C=O) groups excluding carboxylic acids is 2. The minimum Gasteiger partial charge on any atom is -0.326 e. The fourth-order valence-electron chi connectivity index (χ4n) is 3.35. The fraction of sp³-hybridized carbons (Fsp3) is 0.227. The summed E-state index contributed by atoms with van der Waals surface area (Å²) in [6, 6.07) is 13.4. The van der Waals surface area contributed by atoms with E-state index in [1.54, 1.807) is 5.38 Å². The third-order valence-corrected chi connectivity index (χ3v) is 5.94. The minimum absolute atomic E-state index is 0.0175. The first-order chi connectivity index (χ1) is 14.8. The Labute approximate surface area is 180 Å². The van der Waals surface area contributed by atoms with Crippen LogP contribution in [0.3, 0.4) is 0 Å². The largest absolute Gasteiger partial charge is 0.416 e. The van der Waals surface area contributed by atoms with Gasteiger partial charge in [0.15, 0.2) is 0 Å². The highest BCUT2D eigenvalue weighted by atomic mass is 32.1. The van der Waals surface area contributed by atoms with Gasteiger partial charge in [0.2, 0.25) is 0 Å². The number of alkyl halides is 3. The van der Waals surface area contributed by atoms with Crippen molar-refractivity contribution in [2.75, 3.05) is 0 Å². The zero-order valence-electron chi connectivity index (χ0n) is 16.2. The van der Waals surface area contributed by atoms with Crippen molar-refractivity contribution in [2.24, 2.45) is 0 Å². The van der Waals surface area contributed by atoms with Crippen molar-refractivity contribution in [3.63, 3.8) is 0 Å². The Kier molecular flexibility index (Phi) is 5.77. The van der Waals surface area contributed by atoms with Gasteiger partial charge in [-0.25, -0.2) is 9.78 Å². The predicted molar refractivity (Wildman–Crippen MR) is 110 cm³/mol. The second-order valence-electron chi connectivity index (χ2n) is 7.17. The van der Waals surface area contributed by atoms with Gasteiger partial charge in [-0.05, 0) is 30.5 Å². The van der Waals surface area contributed by atoms with Crippen LogP contribution in [0.25, 0.3) is 10.6 Å². The molecule has 1 aromatic heterocycles. The normalized spacial score (nSPS) is 16.6. The molecule has 160 valence electrons. The topological polar surface area (TPSA) is 62.3 Å². The molecule has 31 heavy (non-hydrogen) atoms. The smallest absolute Gasteiger partial charge is 0.326 e. The summed E-state index contributed by atoms with van der Waals surface area (Å²) in [5, 5.41) is 4.93. The zero-order valence-corrected chi connectivity index (χ0v) is 17.0. The van der Waals surface area contributed by atoms with Gasteiger partial charge in [-0.3, -0.25) is 9.69 Å². The lowest BCUT2D eigenvalue weighted by molar-refractivity contribution is -0.137. The molecule has 0 radical (unpaired) electrons. The first-order valence-electron chi connectivity index (χ1n) is 9.59. The van der Waals surface area contributed by atoms with E-state index in [0.29, 0.717) is 29.1 Å². The van der Waals surface area contributed by atoms with E-state index >= 15 is 0 Å². The van der Waals surface area contributed by atoms with Crippen molar-refractivity contribution in [3.8, 4) is 10.6 Å². The highest BCUT2D eigenvalue weighted by Gasteiger charge is 2.38. The van der Waals surface area contributed by atoms with Crippen LogP contribution in [0.15, 0.2) is 60.0 Å². The first kappa shape index (κ1) is 21.0. The first-order valence-corrected chi connectivity index (χ1v) is 10.5. The number of urea groups is 1. The van der Waals surface area contributed by atoms with Crippen LogP contribution in [0, 0.1) is 0 Å². The van der Waals surface area contributed by atoms with Gasteiger partial charge in [0.25, 0.3) is 5.91 Å². The van der Waals surface area contributed by atoms with E-state index in [2.05, 4.69) is 10.3 Å². The number of nitrogens with one attached hydrogen (secondary N) is 1. The molecule has 3 aromatic rings. The molecule has 9 heteroatoms. The number of benzene rings is 2. The van der Waals surface area contributed by atoms with E-state index in [9.17, 15) is 22.8 Å². The number of hydrogen-bond acceptors (Lipinski definition) is 4. The SMILES string of the molecule is O=C1N[C@@H](CCc2ccccc2)C(=O)N1Cc1csc(-c2ccc(C(F)(F)F)cc2)n1. The third-order valence-electron chi connectivity index (χ3n) is 5.00. The van der Waals surface area contributed by atoms with E-state index in [4.69, 9.17) is 0 Å². The molecule has 2 heterocycles. The van der Waals surface area contributed by atoms with E-state index in [0.717, 1.165) is 22.6 Å². The monoisotopic (exact) mass is 445 g/mol. The number of hydrogen-bond donors (Lipinski definition) is 1. The Morgan fingerprint density at radius 2 is 1.74 bits per heavy atom.